The normalized spacial score (nSPS) is 16.0. The first kappa shape index (κ1) is 8.33. The molecule has 0 fully saturated rings. The topological polar surface area (TPSA) is 39.7 Å². The van der Waals surface area contributed by atoms with Gasteiger partial charge in [-0.25, -0.2) is 0 Å². The summed E-state index contributed by atoms with van der Waals surface area (Å²) in [7, 11) is 4.01. The van der Waals surface area contributed by atoms with Crippen molar-refractivity contribution in [3.63, 3.8) is 0 Å². The Bertz CT molecular complexity index is 143. The maximum atomic E-state index is 4.29. The molecule has 2 N–H and O–H groups in total. The Balaban J connectivity index is 2.23. The van der Waals surface area contributed by atoms with Gasteiger partial charge >= 0.3 is 0 Å². The summed E-state index contributed by atoms with van der Waals surface area (Å²) in [5.41, 5.74) is 0. The van der Waals surface area contributed by atoms with E-state index in [0.717, 1.165) is 32.1 Å². The van der Waals surface area contributed by atoms with Gasteiger partial charge in [-0.15, -0.1) is 0 Å². The minimum absolute atomic E-state index is 0.916. The van der Waals surface area contributed by atoms with E-state index >= 15 is 0 Å². The van der Waals surface area contributed by atoms with Gasteiger partial charge in [0.15, 0.2) is 5.96 Å². The summed E-state index contributed by atoms with van der Waals surface area (Å²) in [6.07, 6.45) is 0. The summed E-state index contributed by atoms with van der Waals surface area (Å²) in [4.78, 5) is 6.42. The molecule has 4 nitrogen and oxygen atoms in total. The molecule has 0 unspecified atom stereocenters. The number of hydrogen-bond donors (Lipinski definition) is 2. The smallest absolute Gasteiger partial charge is 0.193 e. The Morgan fingerprint density at radius 3 is 3.09 bits per heavy atom. The highest BCUT2D eigenvalue weighted by Gasteiger charge is 2.08. The monoisotopic (exact) mass is 156 g/mol. The van der Waals surface area contributed by atoms with Gasteiger partial charge in [0.1, 0.15) is 0 Å². The van der Waals surface area contributed by atoms with Crippen LogP contribution in [0.25, 0.3) is 0 Å². The first-order valence-electron chi connectivity index (χ1n) is 3.98. The van der Waals surface area contributed by atoms with E-state index in [9.17, 15) is 0 Å². The van der Waals surface area contributed by atoms with Crippen molar-refractivity contribution in [3.05, 3.63) is 0 Å². The summed E-state index contributed by atoms with van der Waals surface area (Å²) in [6, 6.07) is 0. The first-order valence-corrected chi connectivity index (χ1v) is 3.98. The van der Waals surface area contributed by atoms with Gasteiger partial charge in [-0.05, 0) is 7.05 Å². The summed E-state index contributed by atoms with van der Waals surface area (Å²) < 4.78 is 0. The van der Waals surface area contributed by atoms with Crippen LogP contribution in [-0.4, -0.2) is 51.1 Å². The quantitative estimate of drug-likeness (QED) is 0.556. The van der Waals surface area contributed by atoms with Gasteiger partial charge in [0, 0.05) is 26.7 Å². The molecule has 0 saturated carbocycles. The van der Waals surface area contributed by atoms with Crippen LogP contribution in [0.1, 0.15) is 0 Å². The molecule has 0 amide bonds. The predicted molar refractivity (Wildman–Crippen MR) is 46.9 cm³/mol. The van der Waals surface area contributed by atoms with E-state index < -0.39 is 0 Å². The third-order valence-corrected chi connectivity index (χ3v) is 1.72. The molecule has 0 radical (unpaired) electrons. The average molecular weight is 156 g/mol. The Morgan fingerprint density at radius 2 is 2.55 bits per heavy atom. The first-order chi connectivity index (χ1) is 5.34. The lowest BCUT2D eigenvalue weighted by molar-refractivity contribution is 0.483. The molecular weight excluding hydrogens is 140 g/mol. The van der Waals surface area contributed by atoms with Crippen LogP contribution in [0.15, 0.2) is 4.99 Å². The lowest BCUT2D eigenvalue weighted by Gasteiger charge is -2.18. The van der Waals surface area contributed by atoms with E-state index in [4.69, 9.17) is 0 Å². The lowest BCUT2D eigenvalue weighted by Crippen LogP contribution is -2.39. The van der Waals surface area contributed by atoms with Gasteiger partial charge in [-0.3, -0.25) is 4.99 Å². The number of rotatable bonds is 3. The predicted octanol–water partition coefficient (Wildman–Crippen LogP) is -0.903. The number of hydrogen-bond acceptors (Lipinski definition) is 4. The molecule has 64 valence electrons. The van der Waals surface area contributed by atoms with Crippen LogP contribution in [0.2, 0.25) is 0 Å². The molecule has 1 heterocycles. The van der Waals surface area contributed by atoms with Crippen LogP contribution < -0.4 is 10.6 Å². The zero-order chi connectivity index (χ0) is 8.10. The van der Waals surface area contributed by atoms with E-state index in [1.807, 2.05) is 7.05 Å². The van der Waals surface area contributed by atoms with Crippen LogP contribution >= 0.6 is 0 Å². The molecule has 0 aliphatic carbocycles. The fourth-order valence-corrected chi connectivity index (χ4v) is 1.03. The molecule has 11 heavy (non-hydrogen) atoms. The summed E-state index contributed by atoms with van der Waals surface area (Å²) in [5.74, 6) is 1.03. The van der Waals surface area contributed by atoms with Crippen LogP contribution in [0.5, 0.6) is 0 Å². The molecular formula is C7H16N4. The fraction of sp³-hybridized carbons (Fsp3) is 0.857. The lowest BCUT2D eigenvalue weighted by atomic mass is 10.5. The second-order valence-electron chi connectivity index (χ2n) is 2.66. The van der Waals surface area contributed by atoms with Crippen molar-refractivity contribution in [1.29, 1.82) is 0 Å². The molecule has 1 aliphatic heterocycles. The maximum Gasteiger partial charge on any atom is 0.193 e. The number of guanidine groups is 1. The Labute approximate surface area is 67.7 Å². The van der Waals surface area contributed by atoms with E-state index in [-0.39, 0.29) is 0 Å². The Kier molecular flexibility index (Phi) is 3.16. The van der Waals surface area contributed by atoms with Crippen molar-refractivity contribution < 1.29 is 0 Å². The van der Waals surface area contributed by atoms with Crippen molar-refractivity contribution in [1.82, 2.24) is 15.5 Å². The van der Waals surface area contributed by atoms with Crippen molar-refractivity contribution in [2.45, 2.75) is 0 Å². The highest BCUT2D eigenvalue weighted by atomic mass is 15.3. The van der Waals surface area contributed by atoms with Gasteiger partial charge < -0.3 is 15.5 Å². The number of nitrogens with zero attached hydrogens (tertiary/aromatic N) is 2. The van der Waals surface area contributed by atoms with Gasteiger partial charge in [0.25, 0.3) is 0 Å². The van der Waals surface area contributed by atoms with Gasteiger partial charge in [0.2, 0.25) is 0 Å². The summed E-state index contributed by atoms with van der Waals surface area (Å²) >= 11 is 0. The minimum atomic E-state index is 0.916. The molecule has 0 saturated heterocycles. The molecule has 0 aromatic heterocycles. The molecule has 1 rings (SSSR count). The van der Waals surface area contributed by atoms with Crippen molar-refractivity contribution >= 4 is 5.96 Å². The van der Waals surface area contributed by atoms with Gasteiger partial charge in [0.05, 0.1) is 6.54 Å². The molecule has 0 spiro atoms. The van der Waals surface area contributed by atoms with Crippen LogP contribution in [-0.2, 0) is 0 Å². The molecule has 0 aromatic rings. The highest BCUT2D eigenvalue weighted by molar-refractivity contribution is 5.81. The maximum absolute atomic E-state index is 4.29. The fourth-order valence-electron chi connectivity index (χ4n) is 1.03. The molecule has 0 aromatic carbocycles. The Morgan fingerprint density at radius 1 is 1.73 bits per heavy atom. The summed E-state index contributed by atoms with van der Waals surface area (Å²) in [5, 5.41) is 6.31. The van der Waals surface area contributed by atoms with Crippen LogP contribution in [0.4, 0.5) is 0 Å². The van der Waals surface area contributed by atoms with Crippen molar-refractivity contribution in [3.8, 4) is 0 Å². The largest absolute Gasteiger partial charge is 0.354 e. The molecule has 0 atom stereocenters. The van der Waals surface area contributed by atoms with Gasteiger partial charge in [-0.1, -0.05) is 0 Å². The summed E-state index contributed by atoms with van der Waals surface area (Å²) in [6.45, 7) is 3.90. The van der Waals surface area contributed by atoms with E-state index in [2.05, 4.69) is 27.6 Å². The zero-order valence-electron chi connectivity index (χ0n) is 7.22. The molecule has 4 heteroatoms. The van der Waals surface area contributed by atoms with Crippen molar-refractivity contribution in [2.75, 3.05) is 40.3 Å². The second-order valence-corrected chi connectivity index (χ2v) is 2.66. The zero-order valence-corrected chi connectivity index (χ0v) is 7.22. The molecule has 0 bridgehead atoms. The average Bonchev–Trinajstić information content (AvgIpc) is 2.52. The number of nitrogens with one attached hydrogen (secondary N) is 2. The van der Waals surface area contributed by atoms with Crippen LogP contribution in [0, 0.1) is 0 Å². The molecule has 1 aliphatic rings. The Hall–Kier alpha value is -0.770. The van der Waals surface area contributed by atoms with Crippen LogP contribution in [0.3, 0.4) is 0 Å². The van der Waals surface area contributed by atoms with Gasteiger partial charge in [-0.2, -0.15) is 0 Å². The van der Waals surface area contributed by atoms with E-state index in [1.54, 1.807) is 0 Å². The highest BCUT2D eigenvalue weighted by Crippen LogP contribution is 1.89. The second kappa shape index (κ2) is 4.18. The number of aliphatic imine (C=N–C) groups is 1. The van der Waals surface area contributed by atoms with E-state index in [1.165, 1.54) is 0 Å². The standard InChI is InChI=1S/C7H16N4/c1-8-5-6-11(2)7-9-3-4-10-7/h8H,3-6H2,1-2H3,(H,9,10). The number of likely N-dealkylation sites (N-methyl/N-ethyl adjacent to an activating group) is 2. The van der Waals surface area contributed by atoms with Crippen molar-refractivity contribution in [2.24, 2.45) is 4.99 Å². The third-order valence-electron chi connectivity index (χ3n) is 1.72. The minimum Gasteiger partial charge on any atom is -0.354 e. The van der Waals surface area contributed by atoms with E-state index in [0.29, 0.717) is 0 Å². The third kappa shape index (κ3) is 2.38. The SMILES string of the molecule is CNCCN(C)C1=NCCN1.